The molecule has 0 bridgehead atoms. The average Bonchev–Trinajstić information content (AvgIpc) is 2.46. The molecule has 2 aliphatic carbocycles. The first kappa shape index (κ1) is 14.4. The Bertz CT molecular complexity index is 208. The molecule has 2 unspecified atom stereocenters. The van der Waals surface area contributed by atoms with Crippen molar-refractivity contribution in [1.82, 2.24) is 0 Å². The first-order valence-corrected chi connectivity index (χ1v) is 8.81. The van der Waals surface area contributed by atoms with Crippen LogP contribution in [0, 0.1) is 23.7 Å². The van der Waals surface area contributed by atoms with Gasteiger partial charge in [0.25, 0.3) is 0 Å². The zero-order chi connectivity index (χ0) is 12.8. The third kappa shape index (κ3) is 4.00. The predicted octanol–water partition coefficient (Wildman–Crippen LogP) is 6.20. The van der Waals surface area contributed by atoms with Gasteiger partial charge in [-0.05, 0) is 30.1 Å². The highest BCUT2D eigenvalue weighted by Crippen LogP contribution is 2.39. The predicted molar refractivity (Wildman–Crippen MR) is 80.7 cm³/mol. The fraction of sp³-hybridized carbons (Fsp3) is 1.00. The van der Waals surface area contributed by atoms with Gasteiger partial charge in [-0.3, -0.25) is 0 Å². The molecule has 2 fully saturated rings. The Kier molecular flexibility index (Phi) is 6.05. The van der Waals surface area contributed by atoms with Crippen LogP contribution in [0.1, 0.15) is 90.9 Å². The van der Waals surface area contributed by atoms with Crippen molar-refractivity contribution in [3.63, 3.8) is 0 Å². The fourth-order valence-electron chi connectivity index (χ4n) is 4.65. The van der Waals surface area contributed by atoms with Gasteiger partial charge in [-0.1, -0.05) is 84.5 Å². The molecule has 0 spiro atoms. The Labute approximate surface area is 115 Å². The molecule has 2 rings (SSSR count). The third-order valence-electron chi connectivity index (χ3n) is 6.02. The number of rotatable bonds is 5. The lowest BCUT2D eigenvalue weighted by atomic mass is 9.70. The maximum absolute atomic E-state index is 2.58. The Morgan fingerprint density at radius 2 is 1.39 bits per heavy atom. The third-order valence-corrected chi connectivity index (χ3v) is 6.02. The van der Waals surface area contributed by atoms with Crippen LogP contribution < -0.4 is 0 Å². The molecule has 2 atom stereocenters. The van der Waals surface area contributed by atoms with Crippen LogP contribution in [0.2, 0.25) is 0 Å². The second-order valence-corrected chi connectivity index (χ2v) is 7.17. The van der Waals surface area contributed by atoms with E-state index in [1.165, 1.54) is 70.6 Å². The first-order valence-electron chi connectivity index (χ1n) is 8.81. The standard InChI is InChI=1S/C18H34/c1-3-17(14-16-10-6-4-7-11-16)15(2)18-12-8-5-9-13-18/h15-18H,3-14H2,1-2H3. The van der Waals surface area contributed by atoms with Crippen LogP contribution in [0.3, 0.4) is 0 Å². The maximum Gasteiger partial charge on any atom is -0.0386 e. The molecule has 2 aliphatic rings. The molecule has 0 aromatic carbocycles. The summed E-state index contributed by atoms with van der Waals surface area (Å²) >= 11 is 0. The van der Waals surface area contributed by atoms with E-state index in [1.54, 1.807) is 6.42 Å². The van der Waals surface area contributed by atoms with Gasteiger partial charge in [-0.2, -0.15) is 0 Å². The van der Waals surface area contributed by atoms with Crippen molar-refractivity contribution in [3.05, 3.63) is 0 Å². The Hall–Kier alpha value is 0. The van der Waals surface area contributed by atoms with Crippen LogP contribution in [0.15, 0.2) is 0 Å². The summed E-state index contributed by atoms with van der Waals surface area (Å²) in [5, 5.41) is 0. The van der Waals surface area contributed by atoms with E-state index >= 15 is 0 Å². The number of hydrogen-bond donors (Lipinski definition) is 0. The molecular weight excluding hydrogens is 216 g/mol. The largest absolute Gasteiger partial charge is 0.0651 e. The van der Waals surface area contributed by atoms with E-state index in [0.29, 0.717) is 0 Å². The molecule has 0 amide bonds. The van der Waals surface area contributed by atoms with Crippen LogP contribution in [-0.4, -0.2) is 0 Å². The minimum atomic E-state index is 0.997. The molecule has 0 radical (unpaired) electrons. The van der Waals surface area contributed by atoms with Crippen molar-refractivity contribution in [2.24, 2.45) is 23.7 Å². The highest BCUT2D eigenvalue weighted by atomic mass is 14.3. The average molecular weight is 250 g/mol. The second-order valence-electron chi connectivity index (χ2n) is 7.17. The van der Waals surface area contributed by atoms with E-state index in [-0.39, 0.29) is 0 Å². The van der Waals surface area contributed by atoms with Gasteiger partial charge in [-0.25, -0.2) is 0 Å². The molecule has 0 aliphatic heterocycles. The van der Waals surface area contributed by atoms with Crippen LogP contribution >= 0.6 is 0 Å². The van der Waals surface area contributed by atoms with E-state index in [1.807, 2.05) is 0 Å². The van der Waals surface area contributed by atoms with Gasteiger partial charge in [0.15, 0.2) is 0 Å². The summed E-state index contributed by atoms with van der Waals surface area (Å²) in [5.41, 5.74) is 0. The highest BCUT2D eigenvalue weighted by Gasteiger charge is 2.28. The molecule has 18 heavy (non-hydrogen) atoms. The van der Waals surface area contributed by atoms with E-state index in [2.05, 4.69) is 13.8 Å². The molecule has 0 saturated heterocycles. The second kappa shape index (κ2) is 7.56. The summed E-state index contributed by atoms with van der Waals surface area (Å²) in [7, 11) is 0. The van der Waals surface area contributed by atoms with E-state index in [0.717, 1.165) is 23.7 Å². The van der Waals surface area contributed by atoms with Crippen LogP contribution in [-0.2, 0) is 0 Å². The summed E-state index contributed by atoms with van der Waals surface area (Å²) in [6.07, 6.45) is 18.2. The van der Waals surface area contributed by atoms with E-state index in [9.17, 15) is 0 Å². The van der Waals surface area contributed by atoms with Gasteiger partial charge in [0.2, 0.25) is 0 Å². The van der Waals surface area contributed by atoms with Crippen molar-refractivity contribution >= 4 is 0 Å². The maximum atomic E-state index is 2.58. The summed E-state index contributed by atoms with van der Waals surface area (Å²) < 4.78 is 0. The molecule has 0 nitrogen and oxygen atoms in total. The molecule has 0 aromatic rings. The minimum absolute atomic E-state index is 0.997. The lowest BCUT2D eigenvalue weighted by Gasteiger charge is -2.35. The van der Waals surface area contributed by atoms with Crippen molar-refractivity contribution in [2.75, 3.05) is 0 Å². The minimum Gasteiger partial charge on any atom is -0.0651 e. The zero-order valence-electron chi connectivity index (χ0n) is 12.8. The first-order chi connectivity index (χ1) is 8.81. The van der Waals surface area contributed by atoms with Crippen molar-refractivity contribution in [2.45, 2.75) is 90.9 Å². The summed E-state index contributed by atoms with van der Waals surface area (Å²) in [5.74, 6) is 4.16. The van der Waals surface area contributed by atoms with Crippen molar-refractivity contribution in [1.29, 1.82) is 0 Å². The lowest BCUT2D eigenvalue weighted by Crippen LogP contribution is -2.25. The van der Waals surface area contributed by atoms with Gasteiger partial charge < -0.3 is 0 Å². The SMILES string of the molecule is CCC(CC1CCCCC1)C(C)C1CCCCC1. The molecule has 106 valence electrons. The summed E-state index contributed by atoms with van der Waals surface area (Å²) in [6.45, 7) is 5.01. The monoisotopic (exact) mass is 250 g/mol. The van der Waals surface area contributed by atoms with Gasteiger partial charge in [-0.15, -0.1) is 0 Å². The van der Waals surface area contributed by atoms with Gasteiger partial charge in [0.1, 0.15) is 0 Å². The summed E-state index contributed by atoms with van der Waals surface area (Å²) in [4.78, 5) is 0. The van der Waals surface area contributed by atoms with Gasteiger partial charge >= 0.3 is 0 Å². The topological polar surface area (TPSA) is 0 Å². The quantitative estimate of drug-likeness (QED) is 0.545. The normalized spacial score (nSPS) is 27.0. The molecular formula is C18H34. The molecule has 0 heteroatoms. The van der Waals surface area contributed by atoms with Crippen LogP contribution in [0.5, 0.6) is 0 Å². The van der Waals surface area contributed by atoms with Crippen molar-refractivity contribution < 1.29 is 0 Å². The summed E-state index contributed by atoms with van der Waals surface area (Å²) in [6, 6.07) is 0. The Balaban J connectivity index is 1.81. The van der Waals surface area contributed by atoms with Gasteiger partial charge in [0, 0.05) is 0 Å². The Morgan fingerprint density at radius 3 is 1.94 bits per heavy atom. The van der Waals surface area contributed by atoms with Gasteiger partial charge in [0.05, 0.1) is 0 Å². The van der Waals surface area contributed by atoms with E-state index < -0.39 is 0 Å². The fourth-order valence-corrected chi connectivity index (χ4v) is 4.65. The lowest BCUT2D eigenvalue weighted by molar-refractivity contribution is 0.154. The number of hydrogen-bond acceptors (Lipinski definition) is 0. The molecule has 0 N–H and O–H groups in total. The smallest absolute Gasteiger partial charge is 0.0386 e. The van der Waals surface area contributed by atoms with Crippen molar-refractivity contribution in [3.8, 4) is 0 Å². The van der Waals surface area contributed by atoms with E-state index in [4.69, 9.17) is 0 Å². The molecule has 0 heterocycles. The Morgan fingerprint density at radius 1 is 0.833 bits per heavy atom. The van der Waals surface area contributed by atoms with Crippen LogP contribution in [0.25, 0.3) is 0 Å². The molecule has 2 saturated carbocycles. The zero-order valence-corrected chi connectivity index (χ0v) is 12.8. The molecule has 0 aromatic heterocycles. The van der Waals surface area contributed by atoms with Crippen LogP contribution in [0.4, 0.5) is 0 Å². The highest BCUT2D eigenvalue weighted by molar-refractivity contribution is 4.79.